The Kier molecular flexibility index (Phi) is 3.87. The highest BCUT2D eigenvalue weighted by Crippen LogP contribution is 2.27. The normalized spacial score (nSPS) is 23.3. The van der Waals surface area contributed by atoms with E-state index < -0.39 is 0 Å². The lowest BCUT2D eigenvalue weighted by Crippen LogP contribution is -2.24. The number of carbonyl (C=O) groups excluding carboxylic acids is 1. The molecule has 0 bridgehead atoms. The lowest BCUT2D eigenvalue weighted by molar-refractivity contribution is -0.126. The van der Waals surface area contributed by atoms with Gasteiger partial charge in [0.25, 0.3) is 0 Å². The molecular weight excluding hydrogens is 194 g/mol. The molecule has 3 heteroatoms. The van der Waals surface area contributed by atoms with Crippen LogP contribution in [0.15, 0.2) is 0 Å². The average Bonchev–Trinajstić information content (AvgIpc) is 2.33. The molecule has 1 amide bonds. The van der Waals surface area contributed by atoms with Crippen molar-refractivity contribution in [1.29, 1.82) is 0 Å². The van der Waals surface area contributed by atoms with Crippen molar-refractivity contribution in [3.8, 4) is 0 Å². The summed E-state index contributed by atoms with van der Waals surface area (Å²) in [5, 5.41) is 0.238. The highest BCUT2D eigenvalue weighted by Gasteiger charge is 2.29. The number of likely N-dealkylation sites (tertiary alicyclic amines) is 1. The third kappa shape index (κ3) is 3.52. The number of carbonyl (C=O) groups is 1. The molecule has 1 fully saturated rings. The Hall–Kier alpha value is -0.180. The summed E-state index contributed by atoms with van der Waals surface area (Å²) in [5.74, 6) is 1.43. The van der Waals surface area contributed by atoms with Gasteiger partial charge in [-0.1, -0.05) is 20.8 Å². The largest absolute Gasteiger partial charge is 0.345 e. The van der Waals surface area contributed by atoms with Gasteiger partial charge in [-0.05, 0) is 24.0 Å². The standard InChI is InChI=1S/C11H21NOS/c1-11(2,3)6-8-14-9-5-7-12(4)10(9)13/h9H,5-8H2,1-4H3. The first-order valence-electron chi connectivity index (χ1n) is 5.27. The van der Waals surface area contributed by atoms with E-state index in [1.165, 1.54) is 6.42 Å². The second-order valence-electron chi connectivity index (χ2n) is 5.22. The minimum Gasteiger partial charge on any atom is -0.345 e. The van der Waals surface area contributed by atoms with Gasteiger partial charge in [0.2, 0.25) is 5.91 Å². The molecule has 0 radical (unpaired) electrons. The molecule has 1 atom stereocenters. The maximum atomic E-state index is 11.6. The van der Waals surface area contributed by atoms with E-state index in [4.69, 9.17) is 0 Å². The Morgan fingerprint density at radius 3 is 2.57 bits per heavy atom. The Labute approximate surface area is 91.4 Å². The van der Waals surface area contributed by atoms with E-state index in [1.54, 1.807) is 0 Å². The monoisotopic (exact) mass is 215 g/mol. The van der Waals surface area contributed by atoms with Gasteiger partial charge in [0.1, 0.15) is 0 Å². The number of hydrogen-bond donors (Lipinski definition) is 0. The zero-order chi connectivity index (χ0) is 10.8. The summed E-state index contributed by atoms with van der Waals surface area (Å²) in [5.41, 5.74) is 0.389. The average molecular weight is 215 g/mol. The molecule has 1 aliphatic rings. The predicted octanol–water partition coefficient (Wildman–Crippen LogP) is 2.39. The number of nitrogens with zero attached hydrogens (tertiary/aromatic N) is 1. The third-order valence-electron chi connectivity index (χ3n) is 2.55. The molecule has 1 aliphatic heterocycles. The van der Waals surface area contributed by atoms with Crippen molar-refractivity contribution in [1.82, 2.24) is 4.90 Å². The summed E-state index contributed by atoms with van der Waals surface area (Å²) in [6, 6.07) is 0. The predicted molar refractivity (Wildman–Crippen MR) is 62.6 cm³/mol. The van der Waals surface area contributed by atoms with Crippen LogP contribution in [0.5, 0.6) is 0 Å². The highest BCUT2D eigenvalue weighted by molar-refractivity contribution is 8.00. The summed E-state index contributed by atoms with van der Waals surface area (Å²) in [6.45, 7) is 7.68. The summed E-state index contributed by atoms with van der Waals surface area (Å²) in [7, 11) is 1.90. The van der Waals surface area contributed by atoms with Gasteiger partial charge in [0.15, 0.2) is 0 Å². The number of amides is 1. The van der Waals surface area contributed by atoms with Crippen LogP contribution in [0, 0.1) is 5.41 Å². The van der Waals surface area contributed by atoms with E-state index in [-0.39, 0.29) is 5.25 Å². The molecule has 0 N–H and O–H groups in total. The molecule has 0 aromatic carbocycles. The molecule has 0 aromatic rings. The fraction of sp³-hybridized carbons (Fsp3) is 0.909. The van der Waals surface area contributed by atoms with Gasteiger partial charge in [-0.2, -0.15) is 0 Å². The summed E-state index contributed by atoms with van der Waals surface area (Å²) in [6.07, 6.45) is 2.22. The lowest BCUT2D eigenvalue weighted by atomic mass is 9.94. The number of rotatable bonds is 3. The molecule has 0 aromatic heterocycles. The fourth-order valence-corrected chi connectivity index (χ4v) is 3.06. The van der Waals surface area contributed by atoms with Crippen LogP contribution in [0.25, 0.3) is 0 Å². The van der Waals surface area contributed by atoms with Crippen molar-refractivity contribution in [2.24, 2.45) is 5.41 Å². The van der Waals surface area contributed by atoms with Gasteiger partial charge < -0.3 is 4.90 Å². The Bertz CT molecular complexity index is 210. The molecule has 1 unspecified atom stereocenters. The first kappa shape index (κ1) is 11.9. The third-order valence-corrected chi connectivity index (χ3v) is 3.83. The van der Waals surface area contributed by atoms with Crippen LogP contribution in [-0.2, 0) is 4.79 Å². The molecule has 0 spiro atoms. The Morgan fingerprint density at radius 2 is 2.14 bits per heavy atom. The van der Waals surface area contributed by atoms with Gasteiger partial charge in [0, 0.05) is 13.6 Å². The quantitative estimate of drug-likeness (QED) is 0.720. The van der Waals surface area contributed by atoms with E-state index in [0.29, 0.717) is 11.3 Å². The zero-order valence-electron chi connectivity index (χ0n) is 9.67. The SMILES string of the molecule is CN1CCC(SCCC(C)(C)C)C1=O. The van der Waals surface area contributed by atoms with Gasteiger partial charge in [-0.3, -0.25) is 4.79 Å². The fourth-order valence-electron chi connectivity index (χ4n) is 1.45. The molecule has 0 aliphatic carbocycles. The summed E-state index contributed by atoms with van der Waals surface area (Å²) >= 11 is 1.83. The number of hydrogen-bond acceptors (Lipinski definition) is 2. The number of thioether (sulfide) groups is 1. The Balaban J connectivity index is 2.23. The first-order valence-corrected chi connectivity index (χ1v) is 6.31. The van der Waals surface area contributed by atoms with Crippen molar-refractivity contribution < 1.29 is 4.79 Å². The van der Waals surface area contributed by atoms with Crippen LogP contribution in [0.1, 0.15) is 33.6 Å². The van der Waals surface area contributed by atoms with Gasteiger partial charge in [0.05, 0.1) is 5.25 Å². The molecule has 82 valence electrons. The topological polar surface area (TPSA) is 20.3 Å². The van der Waals surface area contributed by atoms with Crippen molar-refractivity contribution in [2.75, 3.05) is 19.3 Å². The maximum absolute atomic E-state index is 11.6. The zero-order valence-corrected chi connectivity index (χ0v) is 10.5. The maximum Gasteiger partial charge on any atom is 0.235 e. The van der Waals surface area contributed by atoms with Crippen LogP contribution in [0.4, 0.5) is 0 Å². The van der Waals surface area contributed by atoms with E-state index in [0.717, 1.165) is 18.7 Å². The van der Waals surface area contributed by atoms with E-state index in [1.807, 2.05) is 23.7 Å². The molecule has 1 rings (SSSR count). The summed E-state index contributed by atoms with van der Waals surface area (Å²) < 4.78 is 0. The lowest BCUT2D eigenvalue weighted by Gasteiger charge is -2.18. The van der Waals surface area contributed by atoms with Crippen molar-refractivity contribution in [2.45, 2.75) is 38.9 Å². The van der Waals surface area contributed by atoms with Crippen molar-refractivity contribution >= 4 is 17.7 Å². The van der Waals surface area contributed by atoms with Crippen LogP contribution >= 0.6 is 11.8 Å². The van der Waals surface area contributed by atoms with Gasteiger partial charge >= 0.3 is 0 Å². The van der Waals surface area contributed by atoms with Crippen LogP contribution in [-0.4, -0.2) is 35.4 Å². The first-order chi connectivity index (χ1) is 6.40. The minimum atomic E-state index is 0.238. The smallest absolute Gasteiger partial charge is 0.235 e. The van der Waals surface area contributed by atoms with Crippen LogP contribution in [0.3, 0.4) is 0 Å². The molecular formula is C11H21NOS. The molecule has 14 heavy (non-hydrogen) atoms. The highest BCUT2D eigenvalue weighted by atomic mass is 32.2. The van der Waals surface area contributed by atoms with E-state index >= 15 is 0 Å². The van der Waals surface area contributed by atoms with Gasteiger partial charge in [-0.15, -0.1) is 11.8 Å². The molecule has 2 nitrogen and oxygen atoms in total. The van der Waals surface area contributed by atoms with Gasteiger partial charge in [-0.25, -0.2) is 0 Å². The molecule has 1 saturated heterocycles. The Morgan fingerprint density at radius 1 is 1.50 bits per heavy atom. The van der Waals surface area contributed by atoms with E-state index in [2.05, 4.69) is 20.8 Å². The minimum absolute atomic E-state index is 0.238. The van der Waals surface area contributed by atoms with Crippen molar-refractivity contribution in [3.05, 3.63) is 0 Å². The molecule has 1 heterocycles. The van der Waals surface area contributed by atoms with Crippen LogP contribution in [0.2, 0.25) is 0 Å². The van der Waals surface area contributed by atoms with Crippen LogP contribution < -0.4 is 0 Å². The summed E-state index contributed by atoms with van der Waals surface area (Å²) in [4.78, 5) is 13.4. The van der Waals surface area contributed by atoms with E-state index in [9.17, 15) is 4.79 Å². The second kappa shape index (κ2) is 4.56. The molecule has 0 saturated carbocycles. The second-order valence-corrected chi connectivity index (χ2v) is 6.53. The van der Waals surface area contributed by atoms with Crippen molar-refractivity contribution in [3.63, 3.8) is 0 Å².